The molecule has 0 saturated heterocycles. The van der Waals surface area contributed by atoms with E-state index in [2.05, 4.69) is 39.1 Å². The van der Waals surface area contributed by atoms with Gasteiger partial charge < -0.3 is 5.32 Å². The highest BCUT2D eigenvalue weighted by Crippen LogP contribution is 2.26. The molecule has 0 amide bonds. The Morgan fingerprint density at radius 3 is 2.61 bits per heavy atom. The van der Waals surface area contributed by atoms with Crippen LogP contribution in [0.1, 0.15) is 25.6 Å². The first-order valence-electron chi connectivity index (χ1n) is 5.69. The predicted molar refractivity (Wildman–Crippen MR) is 71.8 cm³/mol. The van der Waals surface area contributed by atoms with E-state index in [4.69, 9.17) is 0 Å². The van der Waals surface area contributed by atoms with Crippen molar-refractivity contribution in [2.75, 3.05) is 12.4 Å². The van der Waals surface area contributed by atoms with Crippen LogP contribution in [0.25, 0.3) is 0 Å². The molecule has 2 heterocycles. The molecule has 0 saturated carbocycles. The third-order valence-corrected chi connectivity index (χ3v) is 3.08. The van der Waals surface area contributed by atoms with E-state index in [0.717, 1.165) is 21.7 Å². The van der Waals surface area contributed by atoms with Crippen LogP contribution in [0.5, 0.6) is 0 Å². The van der Waals surface area contributed by atoms with Gasteiger partial charge in [0.2, 0.25) is 0 Å². The molecule has 94 valence electrons. The number of anilines is 1. The van der Waals surface area contributed by atoms with E-state index in [9.17, 15) is 0 Å². The summed E-state index contributed by atoms with van der Waals surface area (Å²) in [6.07, 6.45) is 5.05. The summed E-state index contributed by atoms with van der Waals surface area (Å²) in [4.78, 5) is 17.2. The van der Waals surface area contributed by atoms with Crippen LogP contribution in [0.3, 0.4) is 0 Å². The normalized spacial score (nSPS) is 10.7. The molecule has 2 aromatic rings. The first kappa shape index (κ1) is 12.8. The maximum atomic E-state index is 4.52. The van der Waals surface area contributed by atoms with Gasteiger partial charge in [0.25, 0.3) is 0 Å². The third-order valence-electron chi connectivity index (χ3n) is 2.24. The monoisotopic (exact) mass is 261 g/mol. The number of nitrogens with zero attached hydrogens (tertiary/aromatic N) is 4. The van der Waals surface area contributed by atoms with Crippen molar-refractivity contribution in [3.63, 3.8) is 0 Å². The summed E-state index contributed by atoms with van der Waals surface area (Å²) in [6.45, 7) is 4.15. The Bertz CT molecular complexity index is 515. The van der Waals surface area contributed by atoms with E-state index in [-0.39, 0.29) is 0 Å². The zero-order valence-electron chi connectivity index (χ0n) is 10.6. The quantitative estimate of drug-likeness (QED) is 0.853. The molecule has 2 aromatic heterocycles. The van der Waals surface area contributed by atoms with Crippen LogP contribution in [-0.2, 0) is 0 Å². The van der Waals surface area contributed by atoms with Gasteiger partial charge in [0.05, 0.1) is 6.20 Å². The highest BCUT2D eigenvalue weighted by atomic mass is 32.2. The van der Waals surface area contributed by atoms with E-state index >= 15 is 0 Å². The van der Waals surface area contributed by atoms with Crippen molar-refractivity contribution in [2.24, 2.45) is 0 Å². The molecule has 0 aromatic carbocycles. The first-order chi connectivity index (χ1) is 8.69. The summed E-state index contributed by atoms with van der Waals surface area (Å²) < 4.78 is 0. The fraction of sp³-hybridized carbons (Fsp3) is 0.333. The Morgan fingerprint density at radius 2 is 2.00 bits per heavy atom. The van der Waals surface area contributed by atoms with Gasteiger partial charge in [0.15, 0.2) is 0 Å². The first-order valence-corrected chi connectivity index (χ1v) is 6.51. The van der Waals surface area contributed by atoms with Gasteiger partial charge in [-0.05, 0) is 11.8 Å². The molecule has 0 fully saturated rings. The van der Waals surface area contributed by atoms with Crippen molar-refractivity contribution < 1.29 is 0 Å². The van der Waals surface area contributed by atoms with Gasteiger partial charge >= 0.3 is 0 Å². The second kappa shape index (κ2) is 5.77. The van der Waals surface area contributed by atoms with Crippen molar-refractivity contribution in [2.45, 2.75) is 29.8 Å². The molecule has 0 radical (unpaired) electrons. The van der Waals surface area contributed by atoms with Crippen molar-refractivity contribution >= 4 is 17.6 Å². The largest absolute Gasteiger partial charge is 0.373 e. The lowest BCUT2D eigenvalue weighted by Gasteiger charge is -2.09. The molecule has 6 heteroatoms. The van der Waals surface area contributed by atoms with E-state index in [1.165, 1.54) is 11.8 Å². The second-order valence-electron chi connectivity index (χ2n) is 4.00. The SMILES string of the molecule is CNc1cc(Sc2cnccn2)nc(C(C)C)n1. The molecule has 18 heavy (non-hydrogen) atoms. The highest BCUT2D eigenvalue weighted by Gasteiger charge is 2.09. The van der Waals surface area contributed by atoms with Crippen LogP contribution in [0.15, 0.2) is 34.7 Å². The fourth-order valence-electron chi connectivity index (χ4n) is 1.33. The summed E-state index contributed by atoms with van der Waals surface area (Å²) in [7, 11) is 1.85. The number of nitrogens with one attached hydrogen (secondary N) is 1. The van der Waals surface area contributed by atoms with Crippen LogP contribution in [-0.4, -0.2) is 27.0 Å². The van der Waals surface area contributed by atoms with Gasteiger partial charge in [-0.3, -0.25) is 4.98 Å². The molecule has 0 spiro atoms. The average molecular weight is 261 g/mol. The van der Waals surface area contributed by atoms with E-state index in [1.807, 2.05) is 13.1 Å². The standard InChI is InChI=1S/C12H15N5S/c1-8(2)12-16-9(13-3)6-10(17-12)18-11-7-14-4-5-15-11/h4-8H,1-3H3,(H,13,16,17). The zero-order valence-corrected chi connectivity index (χ0v) is 11.4. The smallest absolute Gasteiger partial charge is 0.134 e. The van der Waals surface area contributed by atoms with E-state index in [1.54, 1.807) is 18.6 Å². The molecular weight excluding hydrogens is 246 g/mol. The predicted octanol–water partition coefficient (Wildman–Crippen LogP) is 2.58. The van der Waals surface area contributed by atoms with Crippen LogP contribution in [0.2, 0.25) is 0 Å². The minimum absolute atomic E-state index is 0.291. The molecule has 1 N–H and O–H groups in total. The van der Waals surface area contributed by atoms with Gasteiger partial charge in [0.1, 0.15) is 21.7 Å². The fourth-order valence-corrected chi connectivity index (χ4v) is 2.08. The number of hydrogen-bond acceptors (Lipinski definition) is 6. The van der Waals surface area contributed by atoms with Crippen molar-refractivity contribution in [3.8, 4) is 0 Å². The van der Waals surface area contributed by atoms with E-state index < -0.39 is 0 Å². The van der Waals surface area contributed by atoms with Gasteiger partial charge in [-0.15, -0.1) is 0 Å². The van der Waals surface area contributed by atoms with Gasteiger partial charge in [-0.1, -0.05) is 13.8 Å². The summed E-state index contributed by atoms with van der Waals surface area (Å²) in [5.41, 5.74) is 0. The Labute approximate surface area is 110 Å². The van der Waals surface area contributed by atoms with E-state index in [0.29, 0.717) is 5.92 Å². The lowest BCUT2D eigenvalue weighted by molar-refractivity contribution is 0.755. The molecule has 0 bridgehead atoms. The van der Waals surface area contributed by atoms with Crippen molar-refractivity contribution in [1.82, 2.24) is 19.9 Å². The molecule has 2 rings (SSSR count). The molecule has 0 unspecified atom stereocenters. The van der Waals surface area contributed by atoms with Crippen LogP contribution in [0, 0.1) is 0 Å². The Balaban J connectivity index is 2.30. The van der Waals surface area contributed by atoms with Gasteiger partial charge in [-0.25, -0.2) is 15.0 Å². The van der Waals surface area contributed by atoms with Crippen molar-refractivity contribution in [3.05, 3.63) is 30.5 Å². The number of aromatic nitrogens is 4. The topological polar surface area (TPSA) is 63.6 Å². The Morgan fingerprint density at radius 1 is 1.17 bits per heavy atom. The maximum absolute atomic E-state index is 4.52. The number of rotatable bonds is 4. The molecule has 0 atom stereocenters. The molecule has 5 nitrogen and oxygen atoms in total. The highest BCUT2D eigenvalue weighted by molar-refractivity contribution is 7.99. The Hall–Kier alpha value is -1.69. The third kappa shape index (κ3) is 3.16. The average Bonchev–Trinajstić information content (AvgIpc) is 2.39. The Kier molecular flexibility index (Phi) is 4.09. The minimum Gasteiger partial charge on any atom is -0.373 e. The van der Waals surface area contributed by atoms with Crippen LogP contribution < -0.4 is 5.32 Å². The van der Waals surface area contributed by atoms with Gasteiger partial charge in [-0.2, -0.15) is 0 Å². The number of hydrogen-bond donors (Lipinski definition) is 1. The lowest BCUT2D eigenvalue weighted by Crippen LogP contribution is -2.02. The summed E-state index contributed by atoms with van der Waals surface area (Å²) in [5, 5.41) is 4.75. The minimum atomic E-state index is 0.291. The summed E-state index contributed by atoms with van der Waals surface area (Å²) in [6, 6.07) is 1.91. The van der Waals surface area contributed by atoms with Crippen molar-refractivity contribution in [1.29, 1.82) is 0 Å². The summed E-state index contributed by atoms with van der Waals surface area (Å²) >= 11 is 1.48. The molecule has 0 aliphatic heterocycles. The maximum Gasteiger partial charge on any atom is 0.134 e. The lowest BCUT2D eigenvalue weighted by atomic mass is 10.2. The van der Waals surface area contributed by atoms with Crippen LogP contribution >= 0.6 is 11.8 Å². The molecule has 0 aliphatic carbocycles. The van der Waals surface area contributed by atoms with Crippen LogP contribution in [0.4, 0.5) is 5.82 Å². The molecule has 0 aliphatic rings. The molecular formula is C12H15N5S. The van der Waals surface area contributed by atoms with Gasteiger partial charge in [0, 0.05) is 31.4 Å². The zero-order chi connectivity index (χ0) is 13.0. The summed E-state index contributed by atoms with van der Waals surface area (Å²) in [5.74, 6) is 1.94. The second-order valence-corrected chi connectivity index (χ2v) is 5.04.